The largest absolute Gasteiger partial charge is 0.462 e. The summed E-state index contributed by atoms with van der Waals surface area (Å²) in [5, 5.41) is 0. The summed E-state index contributed by atoms with van der Waals surface area (Å²) in [5.41, 5.74) is 1.10. The lowest BCUT2D eigenvalue weighted by atomic mass is 9.94. The zero-order chi connectivity index (χ0) is 14.2. The number of hydrogen-bond acceptors (Lipinski definition) is 2. The molecule has 2 heteroatoms. The first-order valence-electron chi connectivity index (χ1n) is 8.06. The molecule has 1 heterocycles. The Balaban J connectivity index is 1.70. The Kier molecular flexibility index (Phi) is 6.10. The summed E-state index contributed by atoms with van der Waals surface area (Å²) in [6.07, 6.45) is 9.77. The minimum absolute atomic E-state index is 0.0350. The van der Waals surface area contributed by atoms with Gasteiger partial charge in [-0.25, -0.2) is 0 Å². The first kappa shape index (κ1) is 15.1. The minimum Gasteiger partial charge on any atom is -0.462 e. The Morgan fingerprint density at radius 1 is 1.05 bits per heavy atom. The van der Waals surface area contributed by atoms with Gasteiger partial charge in [0.1, 0.15) is 6.10 Å². The number of rotatable bonds is 8. The van der Waals surface area contributed by atoms with Gasteiger partial charge < -0.3 is 4.74 Å². The van der Waals surface area contributed by atoms with Gasteiger partial charge in [0.25, 0.3) is 0 Å². The number of esters is 1. The van der Waals surface area contributed by atoms with Crippen molar-refractivity contribution in [2.45, 2.75) is 70.3 Å². The molecule has 1 aliphatic rings. The van der Waals surface area contributed by atoms with Crippen LogP contribution in [0, 0.1) is 0 Å². The Labute approximate surface area is 122 Å². The van der Waals surface area contributed by atoms with Crippen molar-refractivity contribution in [3.8, 4) is 0 Å². The van der Waals surface area contributed by atoms with Gasteiger partial charge in [-0.3, -0.25) is 4.79 Å². The summed E-state index contributed by atoms with van der Waals surface area (Å²) in [6.45, 7) is 2.24. The molecule has 0 N–H and O–H groups in total. The molecule has 0 spiro atoms. The molecular weight excluding hydrogens is 248 g/mol. The maximum Gasteiger partial charge on any atom is 0.313 e. The third-order valence-electron chi connectivity index (χ3n) is 4.15. The predicted octanol–water partition coefficient (Wildman–Crippen LogP) is 4.84. The van der Waals surface area contributed by atoms with E-state index in [0.717, 1.165) is 18.4 Å². The summed E-state index contributed by atoms with van der Waals surface area (Å²) in [4.78, 5) is 11.9. The summed E-state index contributed by atoms with van der Waals surface area (Å²) in [6, 6.07) is 10.0. The summed E-state index contributed by atoms with van der Waals surface area (Å²) in [7, 11) is 0. The smallest absolute Gasteiger partial charge is 0.313 e. The standard InChI is InChI=1S/C18H26O2/c1-2-3-4-5-6-10-13-16-14-17(18(19)20-16)15-11-8-7-9-12-15/h7-9,11-12,16-17H,2-6,10,13-14H2,1H3/t16-,17+/m0/s1. The van der Waals surface area contributed by atoms with Gasteiger partial charge in [-0.15, -0.1) is 0 Å². The van der Waals surface area contributed by atoms with Crippen molar-refractivity contribution in [1.82, 2.24) is 0 Å². The average Bonchev–Trinajstić information content (AvgIpc) is 2.85. The highest BCUT2D eigenvalue weighted by atomic mass is 16.5. The van der Waals surface area contributed by atoms with Crippen molar-refractivity contribution in [1.29, 1.82) is 0 Å². The molecule has 1 aromatic rings. The molecule has 0 bridgehead atoms. The number of hydrogen-bond donors (Lipinski definition) is 0. The number of ether oxygens (including phenoxy) is 1. The molecule has 0 amide bonds. The monoisotopic (exact) mass is 274 g/mol. The molecule has 0 radical (unpaired) electrons. The summed E-state index contributed by atoms with van der Waals surface area (Å²) < 4.78 is 5.52. The fraction of sp³-hybridized carbons (Fsp3) is 0.611. The lowest BCUT2D eigenvalue weighted by Crippen LogP contribution is -2.06. The summed E-state index contributed by atoms with van der Waals surface area (Å²) in [5.74, 6) is -0.0755. The van der Waals surface area contributed by atoms with E-state index in [0.29, 0.717) is 0 Å². The SMILES string of the molecule is CCCCCCCC[C@H]1C[C@H](c2ccccc2)C(=O)O1. The van der Waals surface area contributed by atoms with Crippen molar-refractivity contribution in [2.24, 2.45) is 0 Å². The molecule has 110 valence electrons. The molecule has 2 rings (SSSR count). The second-order valence-electron chi connectivity index (χ2n) is 5.81. The maximum absolute atomic E-state index is 11.9. The van der Waals surface area contributed by atoms with E-state index < -0.39 is 0 Å². The van der Waals surface area contributed by atoms with Crippen LogP contribution >= 0.6 is 0 Å². The van der Waals surface area contributed by atoms with E-state index in [1.165, 1.54) is 38.5 Å². The summed E-state index contributed by atoms with van der Waals surface area (Å²) >= 11 is 0. The number of carbonyl (C=O) groups is 1. The molecule has 1 aliphatic heterocycles. The van der Waals surface area contributed by atoms with Gasteiger partial charge in [-0.2, -0.15) is 0 Å². The lowest BCUT2D eigenvalue weighted by Gasteiger charge is -2.08. The van der Waals surface area contributed by atoms with Crippen LogP contribution in [0.15, 0.2) is 30.3 Å². The van der Waals surface area contributed by atoms with Crippen molar-refractivity contribution in [2.75, 3.05) is 0 Å². The average molecular weight is 274 g/mol. The molecule has 0 saturated carbocycles. The number of benzene rings is 1. The van der Waals surface area contributed by atoms with Crippen LogP contribution in [0.2, 0.25) is 0 Å². The number of cyclic esters (lactones) is 1. The maximum atomic E-state index is 11.9. The van der Waals surface area contributed by atoms with Crippen molar-refractivity contribution in [3.05, 3.63) is 35.9 Å². The Morgan fingerprint density at radius 3 is 2.50 bits per heavy atom. The Hall–Kier alpha value is -1.31. The van der Waals surface area contributed by atoms with Crippen molar-refractivity contribution >= 4 is 5.97 Å². The van der Waals surface area contributed by atoms with Crippen LogP contribution < -0.4 is 0 Å². The van der Waals surface area contributed by atoms with Crippen LogP contribution in [0.25, 0.3) is 0 Å². The predicted molar refractivity (Wildman–Crippen MR) is 81.7 cm³/mol. The van der Waals surface area contributed by atoms with Gasteiger partial charge >= 0.3 is 5.97 Å². The molecule has 20 heavy (non-hydrogen) atoms. The molecule has 2 atom stereocenters. The quantitative estimate of drug-likeness (QED) is 0.501. The van der Waals surface area contributed by atoms with E-state index >= 15 is 0 Å². The van der Waals surface area contributed by atoms with Crippen LogP contribution in [0.4, 0.5) is 0 Å². The van der Waals surface area contributed by atoms with Crippen LogP contribution in [-0.2, 0) is 9.53 Å². The molecular formula is C18H26O2. The van der Waals surface area contributed by atoms with Gasteiger partial charge in [0.15, 0.2) is 0 Å². The van der Waals surface area contributed by atoms with Crippen LogP contribution in [0.3, 0.4) is 0 Å². The third kappa shape index (κ3) is 4.36. The van der Waals surface area contributed by atoms with Gasteiger partial charge in [0, 0.05) is 6.42 Å². The second kappa shape index (κ2) is 8.08. The number of unbranched alkanes of at least 4 members (excludes halogenated alkanes) is 5. The van der Waals surface area contributed by atoms with Gasteiger partial charge in [0.05, 0.1) is 5.92 Å². The third-order valence-corrected chi connectivity index (χ3v) is 4.15. The molecule has 0 aliphatic carbocycles. The molecule has 1 aromatic carbocycles. The van der Waals surface area contributed by atoms with Gasteiger partial charge in [-0.05, 0) is 18.4 Å². The highest BCUT2D eigenvalue weighted by molar-refractivity contribution is 5.80. The topological polar surface area (TPSA) is 26.3 Å². The fourth-order valence-electron chi connectivity index (χ4n) is 2.94. The van der Waals surface area contributed by atoms with Crippen LogP contribution in [0.5, 0.6) is 0 Å². The highest BCUT2D eigenvalue weighted by Crippen LogP contribution is 2.32. The highest BCUT2D eigenvalue weighted by Gasteiger charge is 2.34. The molecule has 1 saturated heterocycles. The molecule has 2 nitrogen and oxygen atoms in total. The van der Waals surface area contributed by atoms with E-state index in [1.54, 1.807) is 0 Å². The molecule has 0 unspecified atom stereocenters. The first-order valence-corrected chi connectivity index (χ1v) is 8.06. The Bertz CT molecular complexity index is 399. The number of carbonyl (C=O) groups excluding carboxylic acids is 1. The Morgan fingerprint density at radius 2 is 1.75 bits per heavy atom. The van der Waals surface area contributed by atoms with Crippen molar-refractivity contribution < 1.29 is 9.53 Å². The zero-order valence-electron chi connectivity index (χ0n) is 12.5. The van der Waals surface area contributed by atoms with Crippen LogP contribution in [0.1, 0.15) is 69.8 Å². The first-order chi connectivity index (χ1) is 9.81. The van der Waals surface area contributed by atoms with E-state index in [4.69, 9.17) is 4.74 Å². The second-order valence-corrected chi connectivity index (χ2v) is 5.81. The zero-order valence-corrected chi connectivity index (χ0v) is 12.5. The van der Waals surface area contributed by atoms with Crippen LogP contribution in [-0.4, -0.2) is 12.1 Å². The van der Waals surface area contributed by atoms with Gasteiger partial charge in [0.2, 0.25) is 0 Å². The minimum atomic E-state index is -0.0405. The van der Waals surface area contributed by atoms with Crippen molar-refractivity contribution in [3.63, 3.8) is 0 Å². The normalized spacial score (nSPS) is 21.9. The van der Waals surface area contributed by atoms with E-state index in [-0.39, 0.29) is 18.0 Å². The molecule has 1 fully saturated rings. The fourth-order valence-corrected chi connectivity index (χ4v) is 2.94. The van der Waals surface area contributed by atoms with E-state index in [9.17, 15) is 4.79 Å². The molecule has 0 aromatic heterocycles. The van der Waals surface area contributed by atoms with Gasteiger partial charge in [-0.1, -0.05) is 69.4 Å². The van der Waals surface area contributed by atoms with E-state index in [1.807, 2.05) is 30.3 Å². The lowest BCUT2D eigenvalue weighted by molar-refractivity contribution is -0.142. The van der Waals surface area contributed by atoms with E-state index in [2.05, 4.69) is 6.92 Å².